The number of aromatic nitrogens is 2. The number of nitrogens with one attached hydrogen (secondary N) is 1. The third-order valence-corrected chi connectivity index (χ3v) is 2.24. The molecule has 1 heterocycles. The Hall–Kier alpha value is -1.88. The molecule has 78 valence electrons. The van der Waals surface area contributed by atoms with E-state index in [1.165, 1.54) is 0 Å². The predicted molar refractivity (Wildman–Crippen MR) is 57.9 cm³/mol. The molecule has 0 aliphatic rings. The fraction of sp³-hybridized carbons (Fsp3) is 0.200. The van der Waals surface area contributed by atoms with E-state index in [1.54, 1.807) is 24.3 Å². The van der Waals surface area contributed by atoms with Crippen molar-refractivity contribution in [2.24, 2.45) is 5.73 Å². The first-order chi connectivity index (χ1) is 7.24. The van der Waals surface area contributed by atoms with Crippen LogP contribution in [-0.4, -0.2) is 16.1 Å². The first-order valence-electron chi connectivity index (χ1n) is 4.66. The Morgan fingerprint density at radius 1 is 1.27 bits per heavy atom. The second-order valence-corrected chi connectivity index (χ2v) is 3.22. The molecule has 5 heteroatoms. The summed E-state index contributed by atoms with van der Waals surface area (Å²) >= 11 is 0. The van der Waals surface area contributed by atoms with Crippen molar-refractivity contribution in [2.45, 2.75) is 6.54 Å². The topological polar surface area (TPSA) is 80.9 Å². The molecule has 0 saturated carbocycles. The lowest BCUT2D eigenvalue weighted by atomic mass is 10.2. The van der Waals surface area contributed by atoms with Crippen LogP contribution in [0.5, 0.6) is 0 Å². The van der Waals surface area contributed by atoms with E-state index in [2.05, 4.69) is 4.98 Å². The van der Waals surface area contributed by atoms with Gasteiger partial charge in [-0.25, -0.2) is 4.79 Å². The Kier molecular flexibility index (Phi) is 2.39. The summed E-state index contributed by atoms with van der Waals surface area (Å²) in [5.74, 6) is 0. The summed E-state index contributed by atoms with van der Waals surface area (Å²) in [5, 5.41) is 0.505. The normalized spacial score (nSPS) is 10.7. The second kappa shape index (κ2) is 3.70. The number of aromatic amines is 1. The summed E-state index contributed by atoms with van der Waals surface area (Å²) in [5.41, 5.74) is 5.18. The maximum atomic E-state index is 11.8. The number of fused-ring (bicyclic) bond motifs is 1. The fourth-order valence-electron chi connectivity index (χ4n) is 1.53. The first kappa shape index (κ1) is 9.67. The van der Waals surface area contributed by atoms with Crippen LogP contribution in [-0.2, 0) is 6.54 Å². The minimum Gasteiger partial charge on any atom is -0.329 e. The molecule has 0 aliphatic heterocycles. The van der Waals surface area contributed by atoms with Crippen molar-refractivity contribution in [3.63, 3.8) is 0 Å². The molecule has 0 bridgehead atoms. The molecule has 0 aliphatic carbocycles. The summed E-state index contributed by atoms with van der Waals surface area (Å²) in [4.78, 5) is 26.0. The number of para-hydroxylation sites is 1. The summed E-state index contributed by atoms with van der Waals surface area (Å²) < 4.78 is 1.11. The Balaban J connectivity index is 2.85. The van der Waals surface area contributed by atoms with Gasteiger partial charge in [-0.2, -0.15) is 0 Å². The van der Waals surface area contributed by atoms with Gasteiger partial charge in [0.05, 0.1) is 10.9 Å². The Bertz CT molecular complexity index is 597. The molecule has 2 aromatic rings. The Labute approximate surface area is 85.2 Å². The molecule has 0 atom stereocenters. The van der Waals surface area contributed by atoms with E-state index in [9.17, 15) is 9.59 Å². The van der Waals surface area contributed by atoms with Gasteiger partial charge in [-0.05, 0) is 12.1 Å². The van der Waals surface area contributed by atoms with Crippen LogP contribution in [0, 0.1) is 0 Å². The van der Waals surface area contributed by atoms with Gasteiger partial charge >= 0.3 is 5.69 Å². The zero-order chi connectivity index (χ0) is 10.8. The molecule has 1 aromatic carbocycles. The number of nitrogens with two attached hydrogens (primary N) is 1. The number of benzene rings is 1. The lowest BCUT2D eigenvalue weighted by Crippen LogP contribution is -2.36. The molecule has 0 spiro atoms. The first-order valence-corrected chi connectivity index (χ1v) is 4.66. The number of hydrogen-bond acceptors (Lipinski definition) is 3. The number of rotatable bonds is 2. The maximum Gasteiger partial charge on any atom is 0.328 e. The van der Waals surface area contributed by atoms with Crippen LogP contribution in [0.2, 0.25) is 0 Å². The minimum atomic E-state index is -0.413. The van der Waals surface area contributed by atoms with Crippen molar-refractivity contribution in [2.75, 3.05) is 6.54 Å². The van der Waals surface area contributed by atoms with Crippen LogP contribution in [0.15, 0.2) is 33.9 Å². The monoisotopic (exact) mass is 205 g/mol. The Morgan fingerprint density at radius 3 is 2.73 bits per heavy atom. The highest BCUT2D eigenvalue weighted by Crippen LogP contribution is 2.02. The molecule has 0 amide bonds. The minimum absolute atomic E-state index is 0.235. The number of H-pyrrole nitrogens is 1. The van der Waals surface area contributed by atoms with Crippen LogP contribution >= 0.6 is 0 Å². The number of nitrogens with zero attached hydrogens (tertiary/aromatic N) is 1. The fourth-order valence-corrected chi connectivity index (χ4v) is 1.53. The van der Waals surface area contributed by atoms with Crippen molar-refractivity contribution in [3.8, 4) is 0 Å². The van der Waals surface area contributed by atoms with E-state index >= 15 is 0 Å². The molecule has 5 nitrogen and oxygen atoms in total. The molecule has 15 heavy (non-hydrogen) atoms. The molecule has 0 saturated heterocycles. The summed E-state index contributed by atoms with van der Waals surface area (Å²) in [6.45, 7) is 0.500. The van der Waals surface area contributed by atoms with Gasteiger partial charge in [-0.15, -0.1) is 0 Å². The van der Waals surface area contributed by atoms with Crippen molar-refractivity contribution in [3.05, 3.63) is 45.1 Å². The van der Waals surface area contributed by atoms with Crippen LogP contribution in [0.3, 0.4) is 0 Å². The zero-order valence-corrected chi connectivity index (χ0v) is 8.06. The molecule has 0 radical (unpaired) electrons. The SMILES string of the molecule is NCCn1c(=O)[nH]c2ccccc2c1=O. The van der Waals surface area contributed by atoms with E-state index in [0.717, 1.165) is 4.57 Å². The number of hydrogen-bond donors (Lipinski definition) is 2. The highest BCUT2D eigenvalue weighted by atomic mass is 16.2. The molecule has 2 rings (SSSR count). The van der Waals surface area contributed by atoms with E-state index in [0.29, 0.717) is 10.9 Å². The Morgan fingerprint density at radius 2 is 2.00 bits per heavy atom. The molecular weight excluding hydrogens is 194 g/mol. The van der Waals surface area contributed by atoms with Gasteiger partial charge in [0.2, 0.25) is 0 Å². The van der Waals surface area contributed by atoms with Gasteiger partial charge in [-0.3, -0.25) is 9.36 Å². The van der Waals surface area contributed by atoms with Crippen molar-refractivity contribution in [1.82, 2.24) is 9.55 Å². The zero-order valence-electron chi connectivity index (χ0n) is 8.06. The van der Waals surface area contributed by atoms with Crippen molar-refractivity contribution in [1.29, 1.82) is 0 Å². The van der Waals surface area contributed by atoms with E-state index in [-0.39, 0.29) is 18.6 Å². The second-order valence-electron chi connectivity index (χ2n) is 3.22. The van der Waals surface area contributed by atoms with Crippen LogP contribution in [0.1, 0.15) is 0 Å². The van der Waals surface area contributed by atoms with Gasteiger partial charge in [0, 0.05) is 13.1 Å². The summed E-state index contributed by atoms with van der Waals surface area (Å²) in [6, 6.07) is 6.91. The van der Waals surface area contributed by atoms with Crippen LogP contribution in [0.4, 0.5) is 0 Å². The molecular formula is C10H11N3O2. The molecule has 0 fully saturated rings. The maximum absolute atomic E-state index is 11.8. The summed E-state index contributed by atoms with van der Waals surface area (Å²) in [7, 11) is 0. The largest absolute Gasteiger partial charge is 0.329 e. The third-order valence-electron chi connectivity index (χ3n) is 2.24. The van der Waals surface area contributed by atoms with Gasteiger partial charge in [0.25, 0.3) is 5.56 Å². The van der Waals surface area contributed by atoms with Crippen molar-refractivity contribution >= 4 is 10.9 Å². The molecule has 0 unspecified atom stereocenters. The smallest absolute Gasteiger partial charge is 0.328 e. The van der Waals surface area contributed by atoms with E-state index in [4.69, 9.17) is 5.73 Å². The lowest BCUT2D eigenvalue weighted by molar-refractivity contribution is 0.646. The van der Waals surface area contributed by atoms with E-state index in [1.807, 2.05) is 0 Å². The lowest BCUT2D eigenvalue weighted by Gasteiger charge is -2.03. The van der Waals surface area contributed by atoms with Gasteiger partial charge in [0.15, 0.2) is 0 Å². The molecule has 3 N–H and O–H groups in total. The van der Waals surface area contributed by atoms with Gasteiger partial charge in [0.1, 0.15) is 0 Å². The predicted octanol–water partition coefficient (Wildman–Crippen LogP) is -0.352. The highest BCUT2D eigenvalue weighted by Gasteiger charge is 2.05. The third kappa shape index (κ3) is 1.57. The average Bonchev–Trinajstić information content (AvgIpc) is 2.24. The van der Waals surface area contributed by atoms with Crippen LogP contribution < -0.4 is 17.0 Å². The van der Waals surface area contributed by atoms with Gasteiger partial charge in [-0.1, -0.05) is 12.1 Å². The van der Waals surface area contributed by atoms with E-state index < -0.39 is 5.69 Å². The van der Waals surface area contributed by atoms with Crippen LogP contribution in [0.25, 0.3) is 10.9 Å². The quantitative estimate of drug-likeness (QED) is 0.703. The standard InChI is InChI=1S/C10H11N3O2/c11-5-6-13-9(14)7-3-1-2-4-8(7)12-10(13)15/h1-4H,5-6,11H2,(H,12,15). The van der Waals surface area contributed by atoms with Crippen molar-refractivity contribution < 1.29 is 0 Å². The summed E-state index contributed by atoms with van der Waals surface area (Å²) in [6.07, 6.45) is 0. The highest BCUT2D eigenvalue weighted by molar-refractivity contribution is 5.76. The van der Waals surface area contributed by atoms with Gasteiger partial charge < -0.3 is 10.7 Å². The molecule has 1 aromatic heterocycles. The average molecular weight is 205 g/mol.